The second kappa shape index (κ2) is 8.95. The van der Waals surface area contributed by atoms with Crippen molar-refractivity contribution in [3.8, 4) is 0 Å². The van der Waals surface area contributed by atoms with Crippen LogP contribution in [0.1, 0.15) is 17.6 Å². The summed E-state index contributed by atoms with van der Waals surface area (Å²) in [4.78, 5) is 15.2. The van der Waals surface area contributed by atoms with Crippen molar-refractivity contribution in [1.82, 2.24) is 0 Å². The first-order valence-corrected chi connectivity index (χ1v) is 12.9. The van der Waals surface area contributed by atoms with Crippen LogP contribution in [0.2, 0.25) is 5.02 Å². The molecule has 1 fully saturated rings. The number of fused-ring (bicyclic) bond motifs is 1. The minimum Gasteiger partial charge on any atom is -0.308 e. The highest BCUT2D eigenvalue weighted by molar-refractivity contribution is 9.10. The molecule has 1 amide bonds. The maximum atomic E-state index is 13.8. The first-order valence-electron chi connectivity index (χ1n) is 9.19. The predicted octanol–water partition coefficient (Wildman–Crippen LogP) is 7.17. The van der Waals surface area contributed by atoms with Crippen LogP contribution < -0.4 is 4.90 Å². The highest BCUT2D eigenvalue weighted by Crippen LogP contribution is 2.64. The van der Waals surface area contributed by atoms with E-state index < -0.39 is 19.2 Å². The lowest BCUT2D eigenvalue weighted by molar-refractivity contribution is -0.118. The van der Waals surface area contributed by atoms with Crippen LogP contribution in [0.5, 0.6) is 0 Å². The van der Waals surface area contributed by atoms with E-state index in [0.29, 0.717) is 22.7 Å². The summed E-state index contributed by atoms with van der Waals surface area (Å²) in [5.74, 6) is -0.437. The average Bonchev–Trinajstić information content (AvgIpc) is 3.12. The molecule has 9 heteroatoms. The van der Waals surface area contributed by atoms with Gasteiger partial charge in [0.15, 0.2) is 5.66 Å². The number of amides is 1. The number of nitrogens with zero attached hydrogens (tertiary/aromatic N) is 1. The number of rotatable bonds is 5. The maximum absolute atomic E-state index is 13.8. The Labute approximate surface area is 191 Å². The summed E-state index contributed by atoms with van der Waals surface area (Å²) >= 11 is 11.1. The zero-order valence-corrected chi connectivity index (χ0v) is 19.8. The zero-order valence-electron chi connectivity index (χ0n) is 15.8. The Morgan fingerprint density at radius 2 is 2.03 bits per heavy atom. The zero-order chi connectivity index (χ0) is 21.3. The fourth-order valence-electron chi connectivity index (χ4n) is 3.38. The van der Waals surface area contributed by atoms with Crippen molar-refractivity contribution >= 4 is 68.1 Å². The minimum atomic E-state index is -3.77. The van der Waals surface area contributed by atoms with Gasteiger partial charge in [-0.05, 0) is 59.1 Å². The second-order valence-electron chi connectivity index (χ2n) is 6.66. The molecule has 1 aliphatic rings. The van der Waals surface area contributed by atoms with Gasteiger partial charge in [0.1, 0.15) is 0 Å². The fraction of sp³-hybridized carbons (Fsp3) is 0.190. The smallest absolute Gasteiger partial charge is 0.308 e. The Morgan fingerprint density at radius 3 is 2.73 bits per heavy atom. The van der Waals surface area contributed by atoms with Gasteiger partial charge < -0.3 is 9.05 Å². The number of carbonyl (C=O) groups excluding carboxylic acids is 1. The molecule has 1 aromatic heterocycles. The van der Waals surface area contributed by atoms with Crippen LogP contribution >= 0.6 is 46.5 Å². The van der Waals surface area contributed by atoms with E-state index in [4.69, 9.17) is 20.6 Å². The Hall–Kier alpha value is -1.47. The number of carbonyl (C=O) groups is 1. The van der Waals surface area contributed by atoms with E-state index in [2.05, 4.69) is 22.5 Å². The van der Waals surface area contributed by atoms with Crippen LogP contribution in [0.15, 0.2) is 65.1 Å². The molecule has 1 unspecified atom stereocenters. The molecule has 1 saturated heterocycles. The van der Waals surface area contributed by atoms with Crippen molar-refractivity contribution < 1.29 is 18.4 Å². The van der Waals surface area contributed by atoms with Gasteiger partial charge in [-0.15, -0.1) is 11.3 Å². The van der Waals surface area contributed by atoms with Gasteiger partial charge in [0.05, 0.1) is 13.2 Å². The predicted molar refractivity (Wildman–Crippen MR) is 126 cm³/mol. The number of hydrogen-bond donors (Lipinski definition) is 0. The van der Waals surface area contributed by atoms with Gasteiger partial charge in [-0.2, -0.15) is 0 Å². The highest BCUT2D eigenvalue weighted by Gasteiger charge is 2.47. The van der Waals surface area contributed by atoms with Gasteiger partial charge in [0.25, 0.3) is 5.91 Å². The summed E-state index contributed by atoms with van der Waals surface area (Å²) in [7, 11) is -3.77. The number of halogens is 2. The summed E-state index contributed by atoms with van der Waals surface area (Å²) in [6.45, 7) is 4.34. The lowest BCUT2D eigenvalue weighted by atomic mass is 10.1. The number of anilines is 1. The molecule has 0 radical (unpaired) electrons. The Balaban J connectivity index is 1.86. The number of thiophene rings is 1. The molecule has 156 valence electrons. The molecular formula is C21H18BrClNO4PS. The summed E-state index contributed by atoms with van der Waals surface area (Å²) in [6, 6.07) is 12.7. The van der Waals surface area contributed by atoms with Gasteiger partial charge in [0.2, 0.25) is 0 Å². The van der Waals surface area contributed by atoms with Gasteiger partial charge in [-0.25, -0.2) is 0 Å². The lowest BCUT2D eigenvalue weighted by Gasteiger charge is -2.32. The van der Waals surface area contributed by atoms with E-state index in [1.54, 1.807) is 24.3 Å². The molecule has 5 nitrogen and oxygen atoms in total. The van der Waals surface area contributed by atoms with Crippen molar-refractivity contribution in [3.05, 3.63) is 75.7 Å². The molecule has 3 aromatic rings. The van der Waals surface area contributed by atoms with Crippen LogP contribution in [0.4, 0.5) is 5.69 Å². The first-order chi connectivity index (χ1) is 14.4. The summed E-state index contributed by atoms with van der Waals surface area (Å²) in [5, 5.41) is 3.12. The summed E-state index contributed by atoms with van der Waals surface area (Å²) in [5.41, 5.74) is 0.0344. The van der Waals surface area contributed by atoms with Crippen LogP contribution in [-0.2, 0) is 18.4 Å². The summed E-state index contributed by atoms with van der Waals surface area (Å²) in [6.07, 6.45) is 2.03. The minimum absolute atomic E-state index is 0.273. The van der Waals surface area contributed by atoms with E-state index >= 15 is 0 Å². The van der Waals surface area contributed by atoms with E-state index in [1.807, 2.05) is 23.6 Å². The molecule has 4 rings (SSSR count). The third-order valence-electron chi connectivity index (χ3n) is 4.75. The monoisotopic (exact) mass is 525 g/mol. The quantitative estimate of drug-likeness (QED) is 0.331. The van der Waals surface area contributed by atoms with Crippen molar-refractivity contribution in [2.45, 2.75) is 12.1 Å². The topological polar surface area (TPSA) is 55.8 Å². The summed E-state index contributed by atoms with van der Waals surface area (Å²) < 4.78 is 26.7. The van der Waals surface area contributed by atoms with Crippen molar-refractivity contribution in [3.63, 3.8) is 0 Å². The average molecular weight is 527 g/mol. The number of benzene rings is 2. The normalized spacial score (nSPS) is 16.9. The van der Waals surface area contributed by atoms with Gasteiger partial charge >= 0.3 is 7.60 Å². The molecule has 0 aliphatic carbocycles. The van der Waals surface area contributed by atoms with Crippen LogP contribution in [0, 0.1) is 0 Å². The van der Waals surface area contributed by atoms with Crippen molar-refractivity contribution in [1.29, 1.82) is 0 Å². The first kappa shape index (κ1) is 21.8. The molecule has 0 N–H and O–H groups in total. The molecule has 1 atom stereocenters. The third kappa shape index (κ3) is 4.15. The van der Waals surface area contributed by atoms with E-state index in [1.165, 1.54) is 22.4 Å². The van der Waals surface area contributed by atoms with Crippen LogP contribution in [-0.4, -0.2) is 19.1 Å². The third-order valence-corrected chi connectivity index (χ3v) is 8.67. The molecule has 0 bridgehead atoms. The Bertz CT molecular complexity index is 1160. The van der Waals surface area contributed by atoms with Crippen molar-refractivity contribution in [2.24, 2.45) is 0 Å². The molecule has 0 spiro atoms. The molecule has 1 aliphatic heterocycles. The number of hydrogen-bond acceptors (Lipinski definition) is 5. The van der Waals surface area contributed by atoms with Crippen LogP contribution in [0.3, 0.4) is 0 Å². The van der Waals surface area contributed by atoms with Crippen molar-refractivity contribution in [2.75, 3.05) is 18.1 Å². The SMILES string of the molecule is C=CN(C(=O)C(c1csc2ccc(Cl)cc12)P1(=O)OCCCO1)c1cccc(Br)c1. The largest absolute Gasteiger partial charge is 0.347 e. The molecule has 2 aromatic carbocycles. The highest BCUT2D eigenvalue weighted by atomic mass is 79.9. The molecule has 2 heterocycles. The van der Waals surface area contributed by atoms with Crippen LogP contribution in [0.25, 0.3) is 10.1 Å². The fourth-order valence-corrected chi connectivity index (χ4v) is 7.10. The second-order valence-corrected chi connectivity index (χ2v) is 11.0. The van der Waals surface area contributed by atoms with Gasteiger partial charge in [-0.1, -0.05) is 40.2 Å². The van der Waals surface area contributed by atoms with Gasteiger partial charge in [-0.3, -0.25) is 14.3 Å². The molecular weight excluding hydrogens is 509 g/mol. The van der Waals surface area contributed by atoms with E-state index in [-0.39, 0.29) is 13.2 Å². The van der Waals surface area contributed by atoms with E-state index in [0.717, 1.165) is 14.6 Å². The Kier molecular flexibility index (Phi) is 6.49. The standard InChI is InChI=1S/C21H18BrClNO4PS/c1-2-24(16-6-3-5-14(22)11-16)21(25)20(29(26)27-9-4-10-28-29)18-13-30-19-8-7-15(23)12-17(18)19/h2-3,5-8,11-13,20H,1,4,9-10H2. The Morgan fingerprint density at radius 1 is 1.27 bits per heavy atom. The molecule has 30 heavy (non-hydrogen) atoms. The lowest BCUT2D eigenvalue weighted by Crippen LogP contribution is -2.32. The van der Waals surface area contributed by atoms with E-state index in [9.17, 15) is 9.36 Å². The maximum Gasteiger partial charge on any atom is 0.347 e. The van der Waals surface area contributed by atoms with Gasteiger partial charge in [0, 0.05) is 26.1 Å². The molecule has 0 saturated carbocycles.